The van der Waals surface area contributed by atoms with Gasteiger partial charge in [-0.15, -0.1) is 0 Å². The van der Waals surface area contributed by atoms with Crippen molar-refractivity contribution in [3.05, 3.63) is 60.2 Å². The molecule has 1 aliphatic rings. The number of nitrogens with one attached hydrogen (secondary N) is 1. The van der Waals surface area contributed by atoms with E-state index < -0.39 is 19.3 Å². The van der Waals surface area contributed by atoms with E-state index in [9.17, 15) is 4.39 Å². The molecule has 5 heteroatoms. The number of ether oxygens (including phenoxy) is 3. The van der Waals surface area contributed by atoms with Crippen molar-refractivity contribution < 1.29 is 24.1 Å². The van der Waals surface area contributed by atoms with Gasteiger partial charge in [-0.05, 0) is 17.7 Å². The van der Waals surface area contributed by atoms with E-state index in [4.69, 9.17) is 19.7 Å². The highest BCUT2D eigenvalue weighted by Crippen LogP contribution is 2.33. The molecular weight excluding hydrogens is 308 g/mol. The third-order valence-corrected chi connectivity index (χ3v) is 3.72. The Morgan fingerprint density at radius 3 is 2.62 bits per heavy atom. The molecular formula is C19H22FNO3. The SMILES string of the molecule is [2H]C([2H])([18F])C([2H])([2H])Oc1ccccc1OC(c1ccccc1)[C@H]1CNCCO1. The monoisotopic (exact) mass is 334 g/mol. The van der Waals surface area contributed by atoms with Gasteiger partial charge in [-0.2, -0.15) is 0 Å². The summed E-state index contributed by atoms with van der Waals surface area (Å²) >= 11 is 0. The fraction of sp³-hybridized carbons (Fsp3) is 0.368. The molecule has 0 radical (unpaired) electrons. The summed E-state index contributed by atoms with van der Waals surface area (Å²) in [5.74, 6) is 0.0670. The Labute approximate surface area is 147 Å². The second kappa shape index (κ2) is 8.66. The fourth-order valence-electron chi connectivity index (χ4n) is 2.62. The Morgan fingerprint density at radius 2 is 1.92 bits per heavy atom. The van der Waals surface area contributed by atoms with Gasteiger partial charge in [0.05, 0.1) is 12.1 Å². The third-order valence-electron chi connectivity index (χ3n) is 3.72. The van der Waals surface area contributed by atoms with Gasteiger partial charge in [-0.25, -0.2) is 4.39 Å². The van der Waals surface area contributed by atoms with Crippen LogP contribution in [0.1, 0.15) is 17.2 Å². The Kier molecular flexibility index (Phi) is 4.43. The quantitative estimate of drug-likeness (QED) is 0.844. The minimum absolute atomic E-state index is 0.0984. The molecule has 3 rings (SSSR count). The van der Waals surface area contributed by atoms with Gasteiger partial charge in [0.25, 0.3) is 0 Å². The van der Waals surface area contributed by atoms with E-state index in [0.29, 0.717) is 13.2 Å². The predicted molar refractivity (Wildman–Crippen MR) is 90.3 cm³/mol. The van der Waals surface area contributed by atoms with Crippen LogP contribution in [0.5, 0.6) is 11.5 Å². The first-order valence-electron chi connectivity index (χ1n) is 9.79. The van der Waals surface area contributed by atoms with E-state index in [1.165, 1.54) is 6.07 Å². The summed E-state index contributed by atoms with van der Waals surface area (Å²) in [5.41, 5.74) is 0.856. The number of halogens is 1. The Hall–Kier alpha value is -2.11. The lowest BCUT2D eigenvalue weighted by atomic mass is 10.0. The maximum absolute atomic E-state index is 13.6. The van der Waals surface area contributed by atoms with Crippen molar-refractivity contribution in [2.75, 3.05) is 32.9 Å². The normalized spacial score (nSPS) is 22.5. The zero-order valence-corrected chi connectivity index (χ0v) is 13.1. The molecule has 1 N–H and O–H groups in total. The van der Waals surface area contributed by atoms with Gasteiger partial charge in [-0.3, -0.25) is 0 Å². The molecule has 1 aliphatic heterocycles. The van der Waals surface area contributed by atoms with Crippen LogP contribution in [0.2, 0.25) is 0 Å². The largest absolute Gasteiger partial charge is 0.487 e. The van der Waals surface area contributed by atoms with Gasteiger partial charge < -0.3 is 19.5 Å². The van der Waals surface area contributed by atoms with Crippen LogP contribution in [0, 0.1) is 0 Å². The Bertz CT molecular complexity index is 767. The van der Waals surface area contributed by atoms with E-state index in [1.54, 1.807) is 18.2 Å². The topological polar surface area (TPSA) is 39.7 Å². The lowest BCUT2D eigenvalue weighted by Crippen LogP contribution is -2.43. The van der Waals surface area contributed by atoms with Crippen LogP contribution in [0.25, 0.3) is 0 Å². The highest BCUT2D eigenvalue weighted by atomic mass is 18.2. The van der Waals surface area contributed by atoms with Crippen LogP contribution in [-0.2, 0) is 4.74 Å². The van der Waals surface area contributed by atoms with Crippen LogP contribution in [-0.4, -0.2) is 39.0 Å². The molecule has 0 amide bonds. The van der Waals surface area contributed by atoms with Gasteiger partial charge in [0.2, 0.25) is 0 Å². The van der Waals surface area contributed by atoms with Gasteiger partial charge in [-0.1, -0.05) is 42.5 Å². The maximum atomic E-state index is 13.6. The Morgan fingerprint density at radius 1 is 1.17 bits per heavy atom. The number of rotatable bonds is 7. The fourth-order valence-corrected chi connectivity index (χ4v) is 2.62. The molecule has 2 atom stereocenters. The van der Waals surface area contributed by atoms with Crippen LogP contribution in [0.15, 0.2) is 54.6 Å². The van der Waals surface area contributed by atoms with E-state index in [2.05, 4.69) is 5.32 Å². The van der Waals surface area contributed by atoms with Crippen LogP contribution in [0.3, 0.4) is 0 Å². The van der Waals surface area contributed by atoms with Gasteiger partial charge in [0.1, 0.15) is 19.3 Å². The molecule has 1 fully saturated rings. The average Bonchev–Trinajstić information content (AvgIpc) is 2.67. The summed E-state index contributed by atoms with van der Waals surface area (Å²) in [5, 5.41) is 3.25. The summed E-state index contributed by atoms with van der Waals surface area (Å²) < 4.78 is 59.7. The molecule has 0 aliphatic carbocycles. The zero-order chi connectivity index (χ0) is 20.2. The molecule has 2 aromatic rings. The smallest absolute Gasteiger partial charge is 0.162 e. The molecule has 4 nitrogen and oxygen atoms in total. The van der Waals surface area contributed by atoms with Crippen molar-refractivity contribution in [2.24, 2.45) is 0 Å². The van der Waals surface area contributed by atoms with E-state index in [0.717, 1.165) is 12.1 Å². The van der Waals surface area contributed by atoms with Gasteiger partial charge in [0.15, 0.2) is 17.6 Å². The number of hydrogen-bond donors (Lipinski definition) is 1. The maximum Gasteiger partial charge on any atom is 0.162 e. The standard InChI is InChI=1S/C19H22FNO3/c20-10-12-22-16-8-4-5-9-17(16)24-19(15-6-2-1-3-7-15)18-14-21-11-13-23-18/h1-9,18-19,21H,10-14H2/t18-,19?/m1/s1/i10D2,12D2,20-1. The molecule has 0 spiro atoms. The molecule has 1 saturated heterocycles. The first-order chi connectivity index (χ1) is 13.3. The minimum Gasteiger partial charge on any atom is -0.487 e. The van der Waals surface area contributed by atoms with Crippen LogP contribution in [0.4, 0.5) is 4.39 Å². The predicted octanol–water partition coefficient (Wildman–Crippen LogP) is 3.14. The number of hydrogen-bond acceptors (Lipinski definition) is 4. The Balaban J connectivity index is 1.89. The van der Waals surface area contributed by atoms with E-state index >= 15 is 0 Å². The molecule has 128 valence electrons. The number of alkyl halides is 1. The van der Waals surface area contributed by atoms with Crippen LogP contribution >= 0.6 is 0 Å². The summed E-state index contributed by atoms with van der Waals surface area (Å²) in [6, 6.07) is 15.6. The van der Waals surface area contributed by atoms with Gasteiger partial charge >= 0.3 is 0 Å². The molecule has 24 heavy (non-hydrogen) atoms. The van der Waals surface area contributed by atoms with Crippen molar-refractivity contribution in [1.29, 1.82) is 0 Å². The highest BCUT2D eigenvalue weighted by Gasteiger charge is 2.28. The average molecular weight is 334 g/mol. The highest BCUT2D eigenvalue weighted by molar-refractivity contribution is 5.40. The summed E-state index contributed by atoms with van der Waals surface area (Å²) in [6.07, 6.45) is -0.819. The third kappa shape index (κ3) is 4.24. The second-order valence-electron chi connectivity index (χ2n) is 5.31. The van der Waals surface area contributed by atoms with Crippen molar-refractivity contribution in [2.45, 2.75) is 12.2 Å². The molecule has 2 aromatic carbocycles. The number of para-hydroxylation sites is 2. The molecule has 0 bridgehead atoms. The van der Waals surface area contributed by atoms with Crippen molar-refractivity contribution in [3.63, 3.8) is 0 Å². The van der Waals surface area contributed by atoms with Crippen molar-refractivity contribution in [3.8, 4) is 11.5 Å². The number of benzene rings is 2. The minimum atomic E-state index is -3.69. The molecule has 0 aromatic heterocycles. The summed E-state index contributed by atoms with van der Waals surface area (Å²) in [6.45, 7) is -5.03. The first-order valence-corrected chi connectivity index (χ1v) is 7.79. The van der Waals surface area contributed by atoms with Crippen LogP contribution < -0.4 is 14.8 Å². The summed E-state index contributed by atoms with van der Waals surface area (Å²) in [7, 11) is 0. The molecule has 1 unspecified atom stereocenters. The van der Waals surface area contributed by atoms with Crippen molar-refractivity contribution >= 4 is 0 Å². The van der Waals surface area contributed by atoms with E-state index in [-0.39, 0.29) is 17.6 Å². The van der Waals surface area contributed by atoms with E-state index in [1.807, 2.05) is 30.3 Å². The number of morpholine rings is 1. The zero-order valence-electron chi connectivity index (χ0n) is 17.1. The molecule has 0 saturated carbocycles. The second-order valence-corrected chi connectivity index (χ2v) is 5.31. The summed E-state index contributed by atoms with van der Waals surface area (Å²) in [4.78, 5) is 0. The van der Waals surface area contributed by atoms with Gasteiger partial charge in [0, 0.05) is 13.1 Å². The lowest BCUT2D eigenvalue weighted by Gasteiger charge is -2.32. The molecule has 1 heterocycles. The lowest BCUT2D eigenvalue weighted by molar-refractivity contribution is -0.0439. The first kappa shape index (κ1) is 12.3. The van der Waals surface area contributed by atoms with Crippen molar-refractivity contribution in [1.82, 2.24) is 5.32 Å².